The fourth-order valence-corrected chi connectivity index (χ4v) is 3.14. The lowest BCUT2D eigenvalue weighted by Gasteiger charge is -2.16. The molecule has 0 spiro atoms. The summed E-state index contributed by atoms with van der Waals surface area (Å²) in [6, 6.07) is 19.3. The maximum absolute atomic E-state index is 12.3. The van der Waals surface area contributed by atoms with Gasteiger partial charge in [-0.05, 0) is 30.5 Å². The number of nitrogens with zero attached hydrogens (tertiary/aromatic N) is 4. The Bertz CT molecular complexity index is 960. The van der Waals surface area contributed by atoms with Crippen LogP contribution in [-0.4, -0.2) is 45.2 Å². The number of amides is 1. The minimum Gasteiger partial charge on any atom is -0.466 e. The zero-order valence-corrected chi connectivity index (χ0v) is 17.6. The van der Waals surface area contributed by atoms with E-state index in [9.17, 15) is 9.59 Å². The van der Waals surface area contributed by atoms with Gasteiger partial charge in [-0.1, -0.05) is 60.7 Å². The third kappa shape index (κ3) is 7.02. The summed E-state index contributed by atoms with van der Waals surface area (Å²) < 4.78 is 5.17. The third-order valence-electron chi connectivity index (χ3n) is 4.74. The molecule has 1 aromatic heterocycles. The van der Waals surface area contributed by atoms with Crippen molar-refractivity contribution in [1.82, 2.24) is 25.5 Å². The van der Waals surface area contributed by atoms with E-state index in [1.165, 1.54) is 4.80 Å². The van der Waals surface area contributed by atoms with E-state index in [1.54, 1.807) is 6.92 Å². The van der Waals surface area contributed by atoms with E-state index in [1.807, 2.05) is 60.7 Å². The van der Waals surface area contributed by atoms with Crippen LogP contribution in [0.2, 0.25) is 0 Å². The largest absolute Gasteiger partial charge is 0.466 e. The molecule has 31 heavy (non-hydrogen) atoms. The van der Waals surface area contributed by atoms with E-state index < -0.39 is 5.92 Å². The van der Waals surface area contributed by atoms with Gasteiger partial charge >= 0.3 is 5.97 Å². The molecule has 0 saturated carbocycles. The zero-order chi connectivity index (χ0) is 21.9. The second-order valence-corrected chi connectivity index (χ2v) is 7.12. The van der Waals surface area contributed by atoms with Gasteiger partial charge in [-0.3, -0.25) is 9.59 Å². The Morgan fingerprint density at radius 1 is 1.06 bits per heavy atom. The Labute approximate surface area is 181 Å². The highest BCUT2D eigenvalue weighted by atomic mass is 16.5. The molecule has 0 aliphatic heterocycles. The van der Waals surface area contributed by atoms with E-state index >= 15 is 0 Å². The number of benzene rings is 2. The average molecular weight is 422 g/mol. The van der Waals surface area contributed by atoms with Gasteiger partial charge < -0.3 is 10.1 Å². The van der Waals surface area contributed by atoms with E-state index in [2.05, 4.69) is 20.7 Å². The third-order valence-corrected chi connectivity index (χ3v) is 4.74. The van der Waals surface area contributed by atoms with Gasteiger partial charge in [-0.25, -0.2) is 0 Å². The number of carbonyl (C=O) groups excluding carboxylic acids is 2. The Hall–Kier alpha value is -3.55. The Morgan fingerprint density at radius 2 is 1.77 bits per heavy atom. The fraction of sp³-hybridized carbons (Fsp3) is 0.348. The summed E-state index contributed by atoms with van der Waals surface area (Å²) >= 11 is 0. The summed E-state index contributed by atoms with van der Waals surface area (Å²) in [7, 11) is 0. The number of aryl methyl sites for hydroxylation is 1. The molecule has 1 atom stereocenters. The topological polar surface area (TPSA) is 99.0 Å². The lowest BCUT2D eigenvalue weighted by Crippen LogP contribution is -2.35. The molecule has 3 aromatic rings. The number of ether oxygens (including phenoxy) is 1. The zero-order valence-electron chi connectivity index (χ0n) is 17.6. The van der Waals surface area contributed by atoms with E-state index in [4.69, 9.17) is 4.74 Å². The summed E-state index contributed by atoms with van der Waals surface area (Å²) in [5.74, 6) is -0.280. The van der Waals surface area contributed by atoms with Crippen LogP contribution in [0, 0.1) is 5.92 Å². The van der Waals surface area contributed by atoms with Crippen molar-refractivity contribution in [2.75, 3.05) is 13.2 Å². The summed E-state index contributed by atoms with van der Waals surface area (Å²) in [4.78, 5) is 26.0. The molecule has 3 rings (SSSR count). The van der Waals surface area contributed by atoms with Crippen molar-refractivity contribution in [2.24, 2.45) is 5.92 Å². The molecule has 8 nitrogen and oxygen atoms in total. The van der Waals surface area contributed by atoms with Crippen LogP contribution < -0.4 is 5.32 Å². The molecular formula is C23H27N5O3. The van der Waals surface area contributed by atoms with Crippen LogP contribution in [-0.2, 0) is 27.3 Å². The maximum atomic E-state index is 12.3. The molecular weight excluding hydrogens is 394 g/mol. The van der Waals surface area contributed by atoms with Gasteiger partial charge in [0.1, 0.15) is 0 Å². The van der Waals surface area contributed by atoms with Crippen molar-refractivity contribution < 1.29 is 14.3 Å². The quantitative estimate of drug-likeness (QED) is 0.478. The standard InChI is InChI=1S/C23H27N5O3/c1-2-31-23(30)20(16-18-10-5-3-6-11-18)17-24-21(29)14-9-15-28-26-22(25-27-28)19-12-7-4-8-13-19/h3-8,10-13,20H,2,9,14-17H2,1H3,(H,24,29). The highest BCUT2D eigenvalue weighted by Crippen LogP contribution is 2.12. The number of carbonyl (C=O) groups is 2. The van der Waals surface area contributed by atoms with Crippen molar-refractivity contribution in [3.63, 3.8) is 0 Å². The van der Waals surface area contributed by atoms with Gasteiger partial charge in [0, 0.05) is 18.5 Å². The van der Waals surface area contributed by atoms with Gasteiger partial charge in [0.25, 0.3) is 0 Å². The smallest absolute Gasteiger partial charge is 0.311 e. The second kappa shape index (κ2) is 11.6. The van der Waals surface area contributed by atoms with Crippen LogP contribution in [0.4, 0.5) is 0 Å². The van der Waals surface area contributed by atoms with Gasteiger partial charge in [0.15, 0.2) is 0 Å². The molecule has 1 amide bonds. The van der Waals surface area contributed by atoms with Gasteiger partial charge in [-0.15, -0.1) is 10.2 Å². The van der Waals surface area contributed by atoms with Gasteiger partial charge in [0.2, 0.25) is 11.7 Å². The van der Waals surface area contributed by atoms with Crippen LogP contribution >= 0.6 is 0 Å². The first kappa shape index (κ1) is 22.1. The summed E-state index contributed by atoms with van der Waals surface area (Å²) in [5, 5.41) is 15.3. The predicted octanol–water partition coefficient (Wildman–Crippen LogP) is 2.66. The fourth-order valence-electron chi connectivity index (χ4n) is 3.14. The molecule has 0 saturated heterocycles. The summed E-state index contributed by atoms with van der Waals surface area (Å²) in [6.07, 6.45) is 1.40. The van der Waals surface area contributed by atoms with E-state index in [0.29, 0.717) is 38.2 Å². The van der Waals surface area contributed by atoms with Crippen molar-refractivity contribution in [3.05, 3.63) is 66.2 Å². The Kier molecular flexibility index (Phi) is 8.28. The van der Waals surface area contributed by atoms with Crippen molar-refractivity contribution >= 4 is 11.9 Å². The van der Waals surface area contributed by atoms with Gasteiger partial charge in [-0.2, -0.15) is 4.80 Å². The number of aromatic nitrogens is 4. The van der Waals surface area contributed by atoms with Crippen LogP contribution in [0.3, 0.4) is 0 Å². The summed E-state index contributed by atoms with van der Waals surface area (Å²) in [5.41, 5.74) is 1.93. The highest BCUT2D eigenvalue weighted by Gasteiger charge is 2.21. The van der Waals surface area contributed by atoms with Crippen LogP contribution in [0.5, 0.6) is 0 Å². The predicted molar refractivity (Wildman–Crippen MR) is 116 cm³/mol. The lowest BCUT2D eigenvalue weighted by molar-refractivity contribution is -0.147. The first-order valence-corrected chi connectivity index (χ1v) is 10.5. The molecule has 0 fully saturated rings. The normalized spacial score (nSPS) is 11.6. The molecule has 0 bridgehead atoms. The average Bonchev–Trinajstić information content (AvgIpc) is 3.27. The molecule has 0 aliphatic carbocycles. The first-order chi connectivity index (χ1) is 15.2. The van der Waals surface area contributed by atoms with E-state index in [-0.39, 0.29) is 18.4 Å². The lowest BCUT2D eigenvalue weighted by atomic mass is 9.99. The van der Waals surface area contributed by atoms with Crippen molar-refractivity contribution in [3.8, 4) is 11.4 Å². The van der Waals surface area contributed by atoms with Crippen molar-refractivity contribution in [1.29, 1.82) is 0 Å². The molecule has 8 heteroatoms. The molecule has 1 heterocycles. The number of tetrazole rings is 1. The Morgan fingerprint density at radius 3 is 2.48 bits per heavy atom. The highest BCUT2D eigenvalue weighted by molar-refractivity contribution is 5.78. The summed E-state index contributed by atoms with van der Waals surface area (Å²) in [6.45, 7) is 2.82. The molecule has 0 aliphatic rings. The van der Waals surface area contributed by atoms with E-state index in [0.717, 1.165) is 11.1 Å². The number of esters is 1. The minimum atomic E-state index is -0.420. The molecule has 0 radical (unpaired) electrons. The first-order valence-electron chi connectivity index (χ1n) is 10.5. The monoisotopic (exact) mass is 421 g/mol. The number of hydrogen-bond acceptors (Lipinski definition) is 6. The molecule has 162 valence electrons. The van der Waals surface area contributed by atoms with Gasteiger partial charge in [0.05, 0.1) is 19.1 Å². The van der Waals surface area contributed by atoms with Crippen LogP contribution in [0.25, 0.3) is 11.4 Å². The maximum Gasteiger partial charge on any atom is 0.311 e. The van der Waals surface area contributed by atoms with Crippen molar-refractivity contribution in [2.45, 2.75) is 32.7 Å². The van der Waals surface area contributed by atoms with Crippen LogP contribution in [0.1, 0.15) is 25.3 Å². The number of rotatable bonds is 11. The number of nitrogens with one attached hydrogen (secondary N) is 1. The molecule has 2 aromatic carbocycles. The SMILES string of the molecule is CCOC(=O)C(CNC(=O)CCCn1nnc(-c2ccccc2)n1)Cc1ccccc1. The molecule has 1 N–H and O–H groups in total. The minimum absolute atomic E-state index is 0.120. The molecule has 1 unspecified atom stereocenters. The Balaban J connectivity index is 1.44. The number of hydrogen-bond donors (Lipinski definition) is 1. The van der Waals surface area contributed by atoms with Crippen LogP contribution in [0.15, 0.2) is 60.7 Å². The second-order valence-electron chi connectivity index (χ2n) is 7.12.